The Kier molecular flexibility index (Phi) is 5.97. The van der Waals surface area contributed by atoms with E-state index in [1.54, 1.807) is 0 Å². The van der Waals surface area contributed by atoms with E-state index in [1.807, 2.05) is 0 Å². The van der Waals surface area contributed by atoms with E-state index in [2.05, 4.69) is 24.1 Å². The molecule has 1 saturated carbocycles. The predicted octanol–water partition coefficient (Wildman–Crippen LogP) is 3.42. The zero-order valence-corrected chi connectivity index (χ0v) is 12.5. The molecule has 2 heteroatoms. The van der Waals surface area contributed by atoms with Gasteiger partial charge in [0.15, 0.2) is 0 Å². The summed E-state index contributed by atoms with van der Waals surface area (Å²) in [5.74, 6) is 0.970. The van der Waals surface area contributed by atoms with Crippen LogP contribution in [0.25, 0.3) is 0 Å². The van der Waals surface area contributed by atoms with Gasteiger partial charge in [-0.25, -0.2) is 0 Å². The van der Waals surface area contributed by atoms with Crippen LogP contribution in [0.2, 0.25) is 0 Å². The van der Waals surface area contributed by atoms with Crippen LogP contribution in [-0.4, -0.2) is 36.6 Å². The van der Waals surface area contributed by atoms with Crippen molar-refractivity contribution >= 4 is 0 Å². The molecule has 1 heterocycles. The van der Waals surface area contributed by atoms with Crippen LogP contribution in [0.15, 0.2) is 0 Å². The highest BCUT2D eigenvalue weighted by Gasteiger charge is 2.25. The number of nitrogens with zero attached hydrogens (tertiary/aromatic N) is 1. The predicted molar refractivity (Wildman–Crippen MR) is 78.9 cm³/mol. The first-order valence-electron chi connectivity index (χ1n) is 8.27. The van der Waals surface area contributed by atoms with Crippen LogP contribution < -0.4 is 5.32 Å². The van der Waals surface area contributed by atoms with Crippen LogP contribution in [0, 0.1) is 5.92 Å². The van der Waals surface area contributed by atoms with Crippen LogP contribution in [0.5, 0.6) is 0 Å². The van der Waals surface area contributed by atoms with E-state index in [9.17, 15) is 0 Å². The lowest BCUT2D eigenvalue weighted by molar-refractivity contribution is 0.121. The van der Waals surface area contributed by atoms with Crippen molar-refractivity contribution in [1.82, 2.24) is 10.2 Å². The van der Waals surface area contributed by atoms with Gasteiger partial charge >= 0.3 is 0 Å². The summed E-state index contributed by atoms with van der Waals surface area (Å²) in [6.45, 7) is 8.59. The fourth-order valence-electron chi connectivity index (χ4n) is 3.68. The Hall–Kier alpha value is -0.0800. The standard InChI is InChI=1S/C16H32N2/c1-3-12-18(13-15-6-4-5-11-17-15)16-9-7-14(2)8-10-16/h14-17H,3-13H2,1-2H3. The molecule has 0 spiro atoms. The second-order valence-corrected chi connectivity index (χ2v) is 6.56. The monoisotopic (exact) mass is 252 g/mol. The van der Waals surface area contributed by atoms with E-state index in [-0.39, 0.29) is 0 Å². The summed E-state index contributed by atoms with van der Waals surface area (Å²) >= 11 is 0. The smallest absolute Gasteiger partial charge is 0.0195 e. The van der Waals surface area contributed by atoms with Gasteiger partial charge in [0.05, 0.1) is 0 Å². The molecule has 1 unspecified atom stereocenters. The minimum atomic E-state index is 0.768. The third kappa shape index (κ3) is 4.24. The van der Waals surface area contributed by atoms with Crippen LogP contribution in [0.1, 0.15) is 65.2 Å². The van der Waals surface area contributed by atoms with Gasteiger partial charge in [-0.15, -0.1) is 0 Å². The maximum atomic E-state index is 3.71. The molecule has 0 aromatic carbocycles. The highest BCUT2D eigenvalue weighted by Crippen LogP contribution is 2.27. The van der Waals surface area contributed by atoms with Crippen LogP contribution >= 0.6 is 0 Å². The zero-order valence-electron chi connectivity index (χ0n) is 12.5. The molecule has 0 aromatic heterocycles. The molecular formula is C16H32N2. The molecule has 0 amide bonds. The van der Waals surface area contributed by atoms with Crippen LogP contribution in [0.3, 0.4) is 0 Å². The van der Waals surface area contributed by atoms with Crippen molar-refractivity contribution in [2.45, 2.75) is 77.3 Å². The number of hydrogen-bond donors (Lipinski definition) is 1. The maximum Gasteiger partial charge on any atom is 0.0195 e. The summed E-state index contributed by atoms with van der Waals surface area (Å²) in [6, 6.07) is 1.65. The highest BCUT2D eigenvalue weighted by atomic mass is 15.2. The van der Waals surface area contributed by atoms with Gasteiger partial charge in [-0.1, -0.05) is 20.3 Å². The Bertz CT molecular complexity index is 215. The second-order valence-electron chi connectivity index (χ2n) is 6.56. The number of piperidine rings is 1. The molecular weight excluding hydrogens is 220 g/mol. The van der Waals surface area contributed by atoms with E-state index in [4.69, 9.17) is 0 Å². The second kappa shape index (κ2) is 7.49. The quantitative estimate of drug-likeness (QED) is 0.806. The van der Waals surface area contributed by atoms with Crippen molar-refractivity contribution in [2.75, 3.05) is 19.6 Å². The fourth-order valence-corrected chi connectivity index (χ4v) is 3.68. The molecule has 1 saturated heterocycles. The van der Waals surface area contributed by atoms with Gasteiger partial charge in [0.25, 0.3) is 0 Å². The average molecular weight is 252 g/mol. The molecule has 18 heavy (non-hydrogen) atoms. The first-order chi connectivity index (χ1) is 8.79. The van der Waals surface area contributed by atoms with E-state index in [0.29, 0.717) is 0 Å². The molecule has 2 aliphatic rings. The lowest BCUT2D eigenvalue weighted by atomic mass is 9.86. The summed E-state index contributed by atoms with van der Waals surface area (Å²) in [7, 11) is 0. The summed E-state index contributed by atoms with van der Waals surface area (Å²) in [4.78, 5) is 2.80. The van der Waals surface area contributed by atoms with Gasteiger partial charge in [0.2, 0.25) is 0 Å². The van der Waals surface area contributed by atoms with Crippen molar-refractivity contribution in [1.29, 1.82) is 0 Å². The van der Waals surface area contributed by atoms with Gasteiger partial charge in [0.1, 0.15) is 0 Å². The van der Waals surface area contributed by atoms with E-state index in [0.717, 1.165) is 18.0 Å². The molecule has 0 bridgehead atoms. The molecule has 2 rings (SSSR count). The molecule has 1 atom stereocenters. The fraction of sp³-hybridized carbons (Fsp3) is 1.00. The van der Waals surface area contributed by atoms with Crippen molar-refractivity contribution < 1.29 is 0 Å². The van der Waals surface area contributed by atoms with Crippen molar-refractivity contribution in [3.63, 3.8) is 0 Å². The van der Waals surface area contributed by atoms with Gasteiger partial charge in [0, 0.05) is 18.6 Å². The van der Waals surface area contributed by atoms with Crippen molar-refractivity contribution in [3.8, 4) is 0 Å². The number of nitrogens with one attached hydrogen (secondary N) is 1. The largest absolute Gasteiger partial charge is 0.313 e. The van der Waals surface area contributed by atoms with Crippen molar-refractivity contribution in [3.05, 3.63) is 0 Å². The molecule has 2 fully saturated rings. The summed E-state index contributed by atoms with van der Waals surface area (Å²) < 4.78 is 0. The third-order valence-electron chi connectivity index (χ3n) is 4.88. The first kappa shape index (κ1) is 14.3. The van der Waals surface area contributed by atoms with Crippen LogP contribution in [0.4, 0.5) is 0 Å². The van der Waals surface area contributed by atoms with Gasteiger partial charge in [-0.3, -0.25) is 4.90 Å². The van der Waals surface area contributed by atoms with Crippen LogP contribution in [-0.2, 0) is 0 Å². The maximum absolute atomic E-state index is 3.71. The molecule has 1 aliphatic carbocycles. The Morgan fingerprint density at radius 2 is 1.83 bits per heavy atom. The van der Waals surface area contributed by atoms with Crippen molar-refractivity contribution in [2.24, 2.45) is 5.92 Å². The zero-order chi connectivity index (χ0) is 12.8. The molecule has 106 valence electrons. The molecule has 1 aliphatic heterocycles. The van der Waals surface area contributed by atoms with Gasteiger partial charge < -0.3 is 5.32 Å². The van der Waals surface area contributed by atoms with Gasteiger partial charge in [-0.2, -0.15) is 0 Å². The van der Waals surface area contributed by atoms with E-state index < -0.39 is 0 Å². The Balaban J connectivity index is 1.82. The minimum absolute atomic E-state index is 0.768. The lowest BCUT2D eigenvalue weighted by Crippen LogP contribution is -2.48. The lowest BCUT2D eigenvalue weighted by Gasteiger charge is -2.39. The Labute approximate surface area is 114 Å². The number of rotatable bonds is 5. The first-order valence-corrected chi connectivity index (χ1v) is 8.27. The summed E-state index contributed by atoms with van der Waals surface area (Å²) in [6.07, 6.45) is 11.3. The Morgan fingerprint density at radius 1 is 1.06 bits per heavy atom. The SMILES string of the molecule is CCCN(CC1CCCCN1)C1CCC(C)CC1. The van der Waals surface area contributed by atoms with E-state index >= 15 is 0 Å². The molecule has 1 N–H and O–H groups in total. The van der Waals surface area contributed by atoms with E-state index in [1.165, 1.54) is 71.0 Å². The topological polar surface area (TPSA) is 15.3 Å². The minimum Gasteiger partial charge on any atom is -0.313 e. The summed E-state index contributed by atoms with van der Waals surface area (Å²) in [5.41, 5.74) is 0. The normalized spacial score (nSPS) is 33.8. The molecule has 0 aromatic rings. The highest BCUT2D eigenvalue weighted by molar-refractivity contribution is 4.83. The molecule has 2 nitrogen and oxygen atoms in total. The number of hydrogen-bond acceptors (Lipinski definition) is 2. The summed E-state index contributed by atoms with van der Waals surface area (Å²) in [5, 5.41) is 3.71. The Morgan fingerprint density at radius 3 is 2.44 bits per heavy atom. The average Bonchev–Trinajstić information content (AvgIpc) is 2.40. The van der Waals surface area contributed by atoms with Gasteiger partial charge in [-0.05, 0) is 64.0 Å². The molecule has 0 radical (unpaired) electrons. The third-order valence-corrected chi connectivity index (χ3v) is 4.88.